The number of hydrogen-bond donors (Lipinski definition) is 3. The largest absolute Gasteiger partial charge is 0.354 e. The molecule has 2 aliphatic rings. The van der Waals surface area contributed by atoms with Crippen LogP contribution >= 0.6 is 0 Å². The molecule has 1 aromatic carbocycles. The minimum atomic E-state index is -0.414. The van der Waals surface area contributed by atoms with Crippen molar-refractivity contribution in [2.75, 3.05) is 38.0 Å². The van der Waals surface area contributed by atoms with E-state index >= 15 is 0 Å². The van der Waals surface area contributed by atoms with Crippen molar-refractivity contribution in [2.45, 2.75) is 38.6 Å². The molecule has 2 fully saturated rings. The average Bonchev–Trinajstić information content (AvgIpc) is 3.17. The smallest absolute Gasteiger partial charge is 0.238 e. The van der Waals surface area contributed by atoms with Crippen molar-refractivity contribution in [3.8, 4) is 0 Å². The van der Waals surface area contributed by atoms with Gasteiger partial charge in [-0.3, -0.25) is 14.5 Å². The van der Waals surface area contributed by atoms with Crippen molar-refractivity contribution in [3.63, 3.8) is 0 Å². The fraction of sp³-hybridized carbons (Fsp3) is 0.600. The molecule has 7 heteroatoms. The molecular formula is C20H29FN4O2. The van der Waals surface area contributed by atoms with Crippen LogP contribution in [0.2, 0.25) is 0 Å². The molecule has 2 heterocycles. The second kappa shape index (κ2) is 9.28. The Morgan fingerprint density at radius 3 is 2.89 bits per heavy atom. The molecule has 0 saturated carbocycles. The van der Waals surface area contributed by atoms with Gasteiger partial charge in [0.15, 0.2) is 0 Å². The molecule has 0 aromatic heterocycles. The molecule has 0 spiro atoms. The lowest BCUT2D eigenvalue weighted by atomic mass is 9.98. The highest BCUT2D eigenvalue weighted by molar-refractivity contribution is 5.92. The third kappa shape index (κ3) is 5.74. The quantitative estimate of drug-likeness (QED) is 0.706. The Hall–Kier alpha value is -1.99. The van der Waals surface area contributed by atoms with E-state index in [-0.39, 0.29) is 30.1 Å². The van der Waals surface area contributed by atoms with Gasteiger partial charge < -0.3 is 16.0 Å². The van der Waals surface area contributed by atoms with Crippen LogP contribution in [-0.2, 0) is 9.59 Å². The summed E-state index contributed by atoms with van der Waals surface area (Å²) in [6, 6.07) is 4.72. The Bertz CT molecular complexity index is 676. The van der Waals surface area contributed by atoms with Crippen molar-refractivity contribution in [1.29, 1.82) is 0 Å². The molecule has 2 amide bonds. The number of likely N-dealkylation sites (tertiary alicyclic amines) is 1. The number of nitrogens with zero attached hydrogens (tertiary/aromatic N) is 1. The fourth-order valence-corrected chi connectivity index (χ4v) is 3.85. The van der Waals surface area contributed by atoms with Crippen molar-refractivity contribution in [3.05, 3.63) is 29.6 Å². The lowest BCUT2D eigenvalue weighted by molar-refractivity contribution is -0.123. The van der Waals surface area contributed by atoms with E-state index in [1.54, 1.807) is 12.1 Å². The average molecular weight is 376 g/mol. The van der Waals surface area contributed by atoms with Gasteiger partial charge in [0, 0.05) is 13.1 Å². The molecule has 6 nitrogen and oxygen atoms in total. The van der Waals surface area contributed by atoms with Crippen molar-refractivity contribution in [1.82, 2.24) is 15.5 Å². The zero-order valence-electron chi connectivity index (χ0n) is 15.9. The SMILES string of the molecule is Cc1ccc(NC(=O)CN2CCCC(CNC(=O)C3CCCN3)C2)c(F)c1. The summed E-state index contributed by atoms with van der Waals surface area (Å²) in [5.74, 6) is -0.203. The van der Waals surface area contributed by atoms with Crippen LogP contribution in [0.3, 0.4) is 0 Å². The minimum absolute atomic E-state index is 0.0557. The topological polar surface area (TPSA) is 73.5 Å². The molecule has 2 aliphatic heterocycles. The molecule has 0 radical (unpaired) electrons. The number of nitrogens with one attached hydrogen (secondary N) is 3. The van der Waals surface area contributed by atoms with Crippen molar-refractivity contribution in [2.24, 2.45) is 5.92 Å². The highest BCUT2D eigenvalue weighted by Gasteiger charge is 2.25. The van der Waals surface area contributed by atoms with Gasteiger partial charge in [-0.05, 0) is 69.3 Å². The highest BCUT2D eigenvalue weighted by atomic mass is 19.1. The van der Waals surface area contributed by atoms with Gasteiger partial charge in [-0.2, -0.15) is 0 Å². The zero-order valence-corrected chi connectivity index (χ0v) is 15.9. The van der Waals surface area contributed by atoms with Gasteiger partial charge in [-0.1, -0.05) is 6.07 Å². The Labute approximate surface area is 159 Å². The number of carbonyl (C=O) groups is 2. The van der Waals surface area contributed by atoms with Crippen LogP contribution in [0.25, 0.3) is 0 Å². The maximum Gasteiger partial charge on any atom is 0.238 e. The summed E-state index contributed by atoms with van der Waals surface area (Å²) in [6.45, 7) is 5.21. The van der Waals surface area contributed by atoms with Crippen molar-refractivity contribution < 1.29 is 14.0 Å². The number of amides is 2. The third-order valence-corrected chi connectivity index (χ3v) is 5.31. The number of piperidine rings is 1. The van der Waals surface area contributed by atoms with Crippen LogP contribution in [0.4, 0.5) is 10.1 Å². The molecule has 2 atom stereocenters. The number of rotatable bonds is 6. The molecule has 0 bridgehead atoms. The summed E-state index contributed by atoms with van der Waals surface area (Å²) in [7, 11) is 0. The molecule has 3 N–H and O–H groups in total. The molecule has 148 valence electrons. The number of anilines is 1. The Morgan fingerprint density at radius 2 is 2.15 bits per heavy atom. The normalized spacial score (nSPS) is 23.2. The second-order valence-corrected chi connectivity index (χ2v) is 7.67. The van der Waals surface area contributed by atoms with Gasteiger partial charge in [0.25, 0.3) is 0 Å². The van der Waals surface area contributed by atoms with Gasteiger partial charge >= 0.3 is 0 Å². The molecule has 3 rings (SSSR count). The Morgan fingerprint density at radius 1 is 1.30 bits per heavy atom. The standard InChI is InChI=1S/C20H29FN4O2/c1-14-6-7-17(16(21)10-14)24-19(26)13-25-9-3-4-15(12-25)11-23-20(27)18-5-2-8-22-18/h6-7,10,15,18,22H,2-5,8-9,11-13H2,1H3,(H,23,27)(H,24,26). The molecule has 1 aromatic rings. The van der Waals surface area contributed by atoms with E-state index in [0.29, 0.717) is 12.5 Å². The summed E-state index contributed by atoms with van der Waals surface area (Å²) < 4.78 is 13.9. The lowest BCUT2D eigenvalue weighted by Gasteiger charge is -2.32. The Kier molecular flexibility index (Phi) is 6.79. The monoisotopic (exact) mass is 376 g/mol. The predicted octanol–water partition coefficient (Wildman–Crippen LogP) is 1.65. The fourth-order valence-electron chi connectivity index (χ4n) is 3.85. The van der Waals surface area contributed by atoms with Crippen LogP contribution in [-0.4, -0.2) is 55.5 Å². The maximum absolute atomic E-state index is 13.9. The van der Waals surface area contributed by atoms with Gasteiger partial charge in [0.1, 0.15) is 5.82 Å². The van der Waals surface area contributed by atoms with E-state index in [9.17, 15) is 14.0 Å². The van der Waals surface area contributed by atoms with E-state index in [0.717, 1.165) is 50.9 Å². The first kappa shape index (κ1) is 19.8. The van der Waals surface area contributed by atoms with Crippen LogP contribution in [0.5, 0.6) is 0 Å². The summed E-state index contributed by atoms with van der Waals surface area (Å²) in [5, 5.41) is 8.90. The number of aryl methyl sites for hydroxylation is 1. The number of halogens is 1. The summed E-state index contributed by atoms with van der Waals surface area (Å²) >= 11 is 0. The highest BCUT2D eigenvalue weighted by Crippen LogP contribution is 2.18. The van der Waals surface area contributed by atoms with Crippen LogP contribution in [0.15, 0.2) is 18.2 Å². The molecule has 0 aliphatic carbocycles. The van der Waals surface area contributed by atoms with Crippen LogP contribution in [0.1, 0.15) is 31.2 Å². The lowest BCUT2D eigenvalue weighted by Crippen LogP contribution is -2.46. The van der Waals surface area contributed by atoms with E-state index < -0.39 is 5.82 Å². The predicted molar refractivity (Wildman–Crippen MR) is 103 cm³/mol. The number of hydrogen-bond acceptors (Lipinski definition) is 4. The van der Waals surface area contributed by atoms with Crippen LogP contribution in [0, 0.1) is 18.7 Å². The van der Waals surface area contributed by atoms with Crippen molar-refractivity contribution >= 4 is 17.5 Å². The van der Waals surface area contributed by atoms with Gasteiger partial charge in [0.05, 0.1) is 18.3 Å². The van der Waals surface area contributed by atoms with Gasteiger partial charge in [-0.15, -0.1) is 0 Å². The number of carbonyl (C=O) groups excluding carboxylic acids is 2. The summed E-state index contributed by atoms with van der Waals surface area (Å²) in [6.07, 6.45) is 3.99. The molecular weight excluding hydrogens is 347 g/mol. The first-order valence-corrected chi connectivity index (χ1v) is 9.80. The van der Waals surface area contributed by atoms with E-state index in [4.69, 9.17) is 0 Å². The summed E-state index contributed by atoms with van der Waals surface area (Å²) in [4.78, 5) is 26.5. The second-order valence-electron chi connectivity index (χ2n) is 7.67. The van der Waals surface area contributed by atoms with Crippen LogP contribution < -0.4 is 16.0 Å². The minimum Gasteiger partial charge on any atom is -0.354 e. The first-order valence-electron chi connectivity index (χ1n) is 9.80. The van der Waals surface area contributed by atoms with E-state index in [1.165, 1.54) is 6.07 Å². The van der Waals surface area contributed by atoms with E-state index in [2.05, 4.69) is 20.9 Å². The molecule has 27 heavy (non-hydrogen) atoms. The zero-order chi connectivity index (χ0) is 19.2. The summed E-state index contributed by atoms with van der Waals surface area (Å²) in [5.41, 5.74) is 1.04. The molecule has 2 saturated heterocycles. The first-order chi connectivity index (χ1) is 13.0. The van der Waals surface area contributed by atoms with Gasteiger partial charge in [0.2, 0.25) is 11.8 Å². The van der Waals surface area contributed by atoms with E-state index in [1.807, 2.05) is 6.92 Å². The third-order valence-electron chi connectivity index (χ3n) is 5.31. The Balaban J connectivity index is 1.43. The molecule has 2 unspecified atom stereocenters. The maximum atomic E-state index is 13.9. The van der Waals surface area contributed by atoms with Gasteiger partial charge in [-0.25, -0.2) is 4.39 Å². The number of benzene rings is 1.